The van der Waals surface area contributed by atoms with Gasteiger partial charge in [-0.2, -0.15) is 0 Å². The lowest BCUT2D eigenvalue weighted by molar-refractivity contribution is 0.00111. The van der Waals surface area contributed by atoms with Crippen molar-refractivity contribution < 1.29 is 9.84 Å². The first-order valence-corrected chi connectivity index (χ1v) is 11.7. The van der Waals surface area contributed by atoms with Gasteiger partial charge in [0.15, 0.2) is 5.96 Å². The predicted octanol–water partition coefficient (Wildman–Crippen LogP) is 2.74. The van der Waals surface area contributed by atoms with E-state index < -0.39 is 6.10 Å². The van der Waals surface area contributed by atoms with Crippen LogP contribution in [0, 0.1) is 0 Å². The molecule has 2 atom stereocenters. The van der Waals surface area contributed by atoms with Gasteiger partial charge in [0.05, 0.1) is 31.1 Å². The first-order chi connectivity index (χ1) is 15.6. The SMILES string of the molecule is CCNC(=NCC(O)COC(C)c1ccccc1)NC1CCN(Cc2ccccn2)CC1. The smallest absolute Gasteiger partial charge is 0.191 e. The fourth-order valence-electron chi connectivity index (χ4n) is 3.79. The van der Waals surface area contributed by atoms with Crippen molar-refractivity contribution in [2.75, 3.05) is 32.8 Å². The second-order valence-corrected chi connectivity index (χ2v) is 8.28. The van der Waals surface area contributed by atoms with Crippen LogP contribution >= 0.6 is 0 Å². The van der Waals surface area contributed by atoms with Gasteiger partial charge < -0.3 is 20.5 Å². The van der Waals surface area contributed by atoms with E-state index in [2.05, 4.69) is 31.6 Å². The Balaban J connectivity index is 1.40. The second kappa shape index (κ2) is 13.2. The molecule has 2 aromatic rings. The number of pyridine rings is 1. The Morgan fingerprint density at radius 3 is 2.62 bits per heavy atom. The molecule has 7 nitrogen and oxygen atoms in total. The molecule has 174 valence electrons. The maximum absolute atomic E-state index is 10.3. The van der Waals surface area contributed by atoms with E-state index in [1.807, 2.05) is 62.5 Å². The summed E-state index contributed by atoms with van der Waals surface area (Å²) in [6, 6.07) is 16.5. The predicted molar refractivity (Wildman–Crippen MR) is 128 cm³/mol. The third kappa shape index (κ3) is 8.22. The Morgan fingerprint density at radius 1 is 1.19 bits per heavy atom. The van der Waals surface area contributed by atoms with Crippen molar-refractivity contribution >= 4 is 5.96 Å². The number of likely N-dealkylation sites (tertiary alicyclic amines) is 1. The average Bonchev–Trinajstić information content (AvgIpc) is 2.83. The molecule has 2 heterocycles. The Morgan fingerprint density at radius 2 is 1.94 bits per heavy atom. The van der Waals surface area contributed by atoms with Crippen LogP contribution in [0.3, 0.4) is 0 Å². The fraction of sp³-hybridized carbons (Fsp3) is 0.520. The van der Waals surface area contributed by atoms with Gasteiger partial charge in [-0.3, -0.25) is 14.9 Å². The molecule has 1 aliphatic heterocycles. The molecule has 32 heavy (non-hydrogen) atoms. The number of piperidine rings is 1. The highest BCUT2D eigenvalue weighted by Gasteiger charge is 2.20. The van der Waals surface area contributed by atoms with Gasteiger partial charge in [-0.1, -0.05) is 36.4 Å². The van der Waals surface area contributed by atoms with E-state index in [1.165, 1.54) is 0 Å². The van der Waals surface area contributed by atoms with E-state index in [9.17, 15) is 5.11 Å². The zero-order valence-corrected chi connectivity index (χ0v) is 19.3. The van der Waals surface area contributed by atoms with Gasteiger partial charge in [0.2, 0.25) is 0 Å². The van der Waals surface area contributed by atoms with Gasteiger partial charge in [0.1, 0.15) is 0 Å². The van der Waals surface area contributed by atoms with Gasteiger partial charge in [-0.15, -0.1) is 0 Å². The van der Waals surface area contributed by atoms with Crippen LogP contribution in [0.5, 0.6) is 0 Å². The Hall–Kier alpha value is -2.48. The number of ether oxygens (including phenoxy) is 1. The van der Waals surface area contributed by atoms with Crippen LogP contribution in [0.1, 0.15) is 44.1 Å². The maximum Gasteiger partial charge on any atom is 0.191 e. The first-order valence-electron chi connectivity index (χ1n) is 11.7. The Kier molecular flexibility index (Phi) is 9.94. The number of aliphatic hydroxyl groups is 1. The molecule has 1 aromatic heterocycles. The van der Waals surface area contributed by atoms with Crippen LogP contribution in [0.15, 0.2) is 59.7 Å². The van der Waals surface area contributed by atoms with Crippen molar-refractivity contribution in [1.82, 2.24) is 20.5 Å². The number of aliphatic hydroxyl groups excluding tert-OH is 1. The van der Waals surface area contributed by atoms with E-state index in [0.29, 0.717) is 12.6 Å². The summed E-state index contributed by atoms with van der Waals surface area (Å²) < 4.78 is 5.82. The monoisotopic (exact) mass is 439 g/mol. The van der Waals surface area contributed by atoms with Crippen molar-refractivity contribution in [1.29, 1.82) is 0 Å². The van der Waals surface area contributed by atoms with Gasteiger partial charge >= 0.3 is 0 Å². The summed E-state index contributed by atoms with van der Waals surface area (Å²) in [4.78, 5) is 11.5. The molecule has 1 aliphatic rings. The average molecular weight is 440 g/mol. The van der Waals surface area contributed by atoms with Gasteiger partial charge in [-0.25, -0.2) is 0 Å². The van der Waals surface area contributed by atoms with Crippen molar-refractivity contribution in [2.45, 2.75) is 51.5 Å². The Bertz CT molecular complexity index is 794. The summed E-state index contributed by atoms with van der Waals surface area (Å²) in [7, 11) is 0. The molecule has 2 unspecified atom stereocenters. The van der Waals surface area contributed by atoms with Crippen LogP contribution in [-0.2, 0) is 11.3 Å². The van der Waals surface area contributed by atoms with Crippen LogP contribution in [0.25, 0.3) is 0 Å². The summed E-state index contributed by atoms with van der Waals surface area (Å²) in [5, 5.41) is 17.2. The third-order valence-corrected chi connectivity index (χ3v) is 5.65. The molecule has 1 saturated heterocycles. The summed E-state index contributed by atoms with van der Waals surface area (Å²) in [5.74, 6) is 0.755. The second-order valence-electron chi connectivity index (χ2n) is 8.28. The van der Waals surface area contributed by atoms with Gasteiger partial charge in [-0.05, 0) is 44.4 Å². The largest absolute Gasteiger partial charge is 0.389 e. The Labute approximate surface area is 191 Å². The van der Waals surface area contributed by atoms with E-state index in [-0.39, 0.29) is 12.7 Å². The zero-order valence-electron chi connectivity index (χ0n) is 19.3. The van der Waals surface area contributed by atoms with Crippen molar-refractivity contribution in [3.63, 3.8) is 0 Å². The van der Waals surface area contributed by atoms with E-state index >= 15 is 0 Å². The lowest BCUT2D eigenvalue weighted by Crippen LogP contribution is -2.48. The number of rotatable bonds is 10. The highest BCUT2D eigenvalue weighted by Crippen LogP contribution is 2.16. The molecular formula is C25H37N5O2. The normalized spacial score (nSPS) is 17.7. The summed E-state index contributed by atoms with van der Waals surface area (Å²) >= 11 is 0. The number of hydrogen-bond acceptors (Lipinski definition) is 5. The van der Waals surface area contributed by atoms with Crippen LogP contribution in [0.4, 0.5) is 0 Å². The highest BCUT2D eigenvalue weighted by atomic mass is 16.5. The van der Waals surface area contributed by atoms with Gasteiger partial charge in [0.25, 0.3) is 0 Å². The zero-order chi connectivity index (χ0) is 22.6. The van der Waals surface area contributed by atoms with E-state index in [4.69, 9.17) is 4.74 Å². The topological polar surface area (TPSA) is 82.0 Å². The standard InChI is InChI=1S/C25H37N5O2/c1-3-26-25(28-17-24(31)19-32-20(2)21-9-5-4-6-10-21)29-22-12-15-30(16-13-22)18-23-11-7-8-14-27-23/h4-11,14,20,22,24,31H,3,12-13,15-19H2,1-2H3,(H2,26,28,29). The van der Waals surface area contributed by atoms with Crippen LogP contribution < -0.4 is 10.6 Å². The number of nitrogens with one attached hydrogen (secondary N) is 2. The van der Waals surface area contributed by atoms with Crippen molar-refractivity contribution in [3.05, 3.63) is 66.0 Å². The molecule has 0 amide bonds. The lowest BCUT2D eigenvalue weighted by atomic mass is 10.0. The lowest BCUT2D eigenvalue weighted by Gasteiger charge is -2.32. The molecule has 3 N–H and O–H groups in total. The summed E-state index contributed by atoms with van der Waals surface area (Å²) in [6.07, 6.45) is 3.26. The number of nitrogens with zero attached hydrogens (tertiary/aromatic N) is 3. The fourth-order valence-corrected chi connectivity index (χ4v) is 3.79. The maximum atomic E-state index is 10.3. The van der Waals surface area contributed by atoms with Crippen molar-refractivity contribution in [2.24, 2.45) is 4.99 Å². The molecule has 0 radical (unpaired) electrons. The molecule has 0 saturated carbocycles. The number of aliphatic imine (C=N–C) groups is 1. The minimum absolute atomic E-state index is 0.0579. The minimum Gasteiger partial charge on any atom is -0.389 e. The molecule has 1 fully saturated rings. The number of guanidine groups is 1. The number of benzene rings is 1. The molecule has 1 aromatic carbocycles. The molecule has 0 spiro atoms. The van der Waals surface area contributed by atoms with E-state index in [1.54, 1.807) is 0 Å². The molecular weight excluding hydrogens is 402 g/mol. The first kappa shape index (κ1) is 24.2. The third-order valence-electron chi connectivity index (χ3n) is 5.65. The molecule has 3 rings (SSSR count). The van der Waals surface area contributed by atoms with Crippen LogP contribution in [0.2, 0.25) is 0 Å². The molecule has 7 heteroatoms. The summed E-state index contributed by atoms with van der Waals surface area (Å²) in [5.41, 5.74) is 2.22. The van der Waals surface area contributed by atoms with E-state index in [0.717, 1.165) is 56.2 Å². The number of aromatic nitrogens is 1. The van der Waals surface area contributed by atoms with Crippen LogP contribution in [-0.4, -0.2) is 65.9 Å². The van der Waals surface area contributed by atoms with Gasteiger partial charge in [0, 0.05) is 38.4 Å². The number of hydrogen-bond donors (Lipinski definition) is 3. The quantitative estimate of drug-likeness (QED) is 0.390. The highest BCUT2D eigenvalue weighted by molar-refractivity contribution is 5.80. The van der Waals surface area contributed by atoms with Crippen molar-refractivity contribution in [3.8, 4) is 0 Å². The molecule has 0 aliphatic carbocycles. The minimum atomic E-state index is -0.642. The molecule has 0 bridgehead atoms. The summed E-state index contributed by atoms with van der Waals surface area (Å²) in [6.45, 7) is 8.34.